The Morgan fingerprint density at radius 1 is 1.14 bits per heavy atom. The van der Waals surface area contributed by atoms with Gasteiger partial charge in [0.05, 0.1) is 10.2 Å². The van der Waals surface area contributed by atoms with Crippen LogP contribution in [0.4, 0.5) is 0 Å². The number of thiazole rings is 1. The van der Waals surface area contributed by atoms with Crippen molar-refractivity contribution < 1.29 is 14.7 Å². The molecule has 0 spiro atoms. The highest BCUT2D eigenvalue weighted by molar-refractivity contribution is 7.16. The number of rotatable bonds is 5. The largest absolute Gasteiger partial charge is 0.480 e. The number of hydrogen-bond acceptors (Lipinski definition) is 3. The second kappa shape index (κ2) is 8.10. The fraction of sp³-hybridized carbons (Fsp3) is 0.318. The summed E-state index contributed by atoms with van der Waals surface area (Å²) in [4.78, 5) is 29.3. The molecule has 0 radical (unpaired) electrons. The first-order valence-electron chi connectivity index (χ1n) is 9.35. The van der Waals surface area contributed by atoms with E-state index in [2.05, 4.69) is 24.9 Å². The summed E-state index contributed by atoms with van der Waals surface area (Å²) in [5.41, 5.74) is 3.51. The van der Waals surface area contributed by atoms with E-state index < -0.39 is 12.0 Å². The summed E-state index contributed by atoms with van der Waals surface area (Å²) in [5, 5.41) is 9.71. The number of aryl methyl sites for hydroxylation is 1. The summed E-state index contributed by atoms with van der Waals surface area (Å²) >= 11 is 1.35. The molecule has 3 aromatic rings. The maximum atomic E-state index is 12.7. The lowest BCUT2D eigenvalue weighted by Gasteiger charge is -2.14. The van der Waals surface area contributed by atoms with Gasteiger partial charge < -0.3 is 9.67 Å². The zero-order valence-electron chi connectivity index (χ0n) is 16.5. The number of aromatic nitrogens is 1. The molecule has 0 aliphatic heterocycles. The first-order chi connectivity index (χ1) is 13.3. The fourth-order valence-electron chi connectivity index (χ4n) is 3.11. The van der Waals surface area contributed by atoms with E-state index in [1.54, 1.807) is 16.7 Å². The molecular weight excluding hydrogens is 372 g/mol. The van der Waals surface area contributed by atoms with Crippen molar-refractivity contribution in [2.75, 3.05) is 0 Å². The molecule has 0 bridgehead atoms. The van der Waals surface area contributed by atoms with E-state index in [1.165, 1.54) is 16.9 Å². The van der Waals surface area contributed by atoms with E-state index in [9.17, 15) is 14.7 Å². The van der Waals surface area contributed by atoms with Crippen LogP contribution in [0.1, 0.15) is 60.6 Å². The topological polar surface area (TPSA) is 71.7 Å². The highest BCUT2D eigenvalue weighted by Crippen LogP contribution is 2.26. The van der Waals surface area contributed by atoms with Crippen LogP contribution in [0, 0.1) is 6.92 Å². The summed E-state index contributed by atoms with van der Waals surface area (Å²) in [7, 11) is 0. The number of nitrogens with zero attached hydrogens (tertiary/aromatic N) is 2. The van der Waals surface area contributed by atoms with E-state index in [4.69, 9.17) is 0 Å². The number of hydrogen-bond donors (Lipinski definition) is 1. The minimum Gasteiger partial charge on any atom is -0.480 e. The number of carboxylic acid groups (broad SMARTS) is 1. The zero-order valence-corrected chi connectivity index (χ0v) is 17.3. The van der Waals surface area contributed by atoms with Crippen LogP contribution in [0.3, 0.4) is 0 Å². The molecule has 0 aliphatic rings. The maximum Gasteiger partial charge on any atom is 0.326 e. The SMILES string of the molecule is CCC(C(=O)O)n1/c(=N/C(=O)c2ccc(C)cc2)sc2cc(C(C)C)ccc21. The Morgan fingerprint density at radius 2 is 1.82 bits per heavy atom. The van der Waals surface area contributed by atoms with Crippen LogP contribution in [0.15, 0.2) is 47.5 Å². The van der Waals surface area contributed by atoms with Gasteiger partial charge in [-0.1, -0.05) is 55.9 Å². The summed E-state index contributed by atoms with van der Waals surface area (Å²) in [6, 6.07) is 12.4. The highest BCUT2D eigenvalue weighted by atomic mass is 32.1. The van der Waals surface area contributed by atoms with Crippen LogP contribution in [0.25, 0.3) is 10.2 Å². The van der Waals surface area contributed by atoms with Crippen molar-refractivity contribution in [2.24, 2.45) is 4.99 Å². The Bertz CT molecular complexity index is 1090. The van der Waals surface area contributed by atoms with Crippen LogP contribution < -0.4 is 4.80 Å². The van der Waals surface area contributed by atoms with Crippen molar-refractivity contribution in [2.45, 2.75) is 46.1 Å². The second-order valence-corrected chi connectivity index (χ2v) is 8.19. The minimum absolute atomic E-state index is 0.357. The van der Waals surface area contributed by atoms with E-state index >= 15 is 0 Å². The van der Waals surface area contributed by atoms with E-state index in [0.717, 1.165) is 15.8 Å². The third kappa shape index (κ3) is 3.92. The number of carbonyl (C=O) groups is 2. The highest BCUT2D eigenvalue weighted by Gasteiger charge is 2.22. The Morgan fingerprint density at radius 3 is 2.39 bits per heavy atom. The molecular formula is C22H24N2O3S. The monoisotopic (exact) mass is 396 g/mol. The Kier molecular flexibility index (Phi) is 5.79. The second-order valence-electron chi connectivity index (χ2n) is 7.18. The van der Waals surface area contributed by atoms with Crippen LogP contribution in [-0.4, -0.2) is 21.6 Å². The predicted molar refractivity (Wildman–Crippen MR) is 112 cm³/mol. The standard InChI is InChI=1S/C22H24N2O3S/c1-5-17(21(26)27)24-18-11-10-16(13(2)3)12-19(18)28-22(24)23-20(25)15-8-6-14(4)7-9-15/h6-13,17H,5H2,1-4H3,(H,26,27)/b23-22-. The third-order valence-corrected chi connectivity index (χ3v) is 5.81. The van der Waals surface area contributed by atoms with E-state index in [0.29, 0.717) is 22.7 Å². The van der Waals surface area contributed by atoms with Gasteiger partial charge in [-0.05, 0) is 49.1 Å². The van der Waals surface area contributed by atoms with Gasteiger partial charge in [-0.25, -0.2) is 4.79 Å². The van der Waals surface area contributed by atoms with Gasteiger partial charge in [-0.15, -0.1) is 0 Å². The molecule has 0 saturated heterocycles. The quantitative estimate of drug-likeness (QED) is 0.666. The van der Waals surface area contributed by atoms with Gasteiger partial charge in [0.15, 0.2) is 4.80 Å². The average Bonchev–Trinajstić information content (AvgIpc) is 2.99. The Hall–Kier alpha value is -2.73. The molecule has 1 atom stereocenters. The number of fused-ring (bicyclic) bond motifs is 1. The average molecular weight is 397 g/mol. The van der Waals surface area contributed by atoms with Crippen molar-refractivity contribution in [1.29, 1.82) is 0 Å². The summed E-state index contributed by atoms with van der Waals surface area (Å²) in [6.45, 7) is 8.00. The zero-order chi connectivity index (χ0) is 20.4. The number of amides is 1. The molecule has 0 aliphatic carbocycles. The lowest BCUT2D eigenvalue weighted by Crippen LogP contribution is -2.27. The van der Waals surface area contributed by atoms with Crippen LogP contribution in [0.2, 0.25) is 0 Å². The first-order valence-corrected chi connectivity index (χ1v) is 10.2. The van der Waals surface area contributed by atoms with Crippen molar-refractivity contribution in [3.63, 3.8) is 0 Å². The summed E-state index contributed by atoms with van der Waals surface area (Å²) in [5.74, 6) is -0.944. The van der Waals surface area contributed by atoms with Gasteiger partial charge in [0.1, 0.15) is 6.04 Å². The molecule has 1 aromatic heterocycles. The molecule has 5 nitrogen and oxygen atoms in total. The summed E-state index contributed by atoms with van der Waals surface area (Å²) in [6.07, 6.45) is 0.402. The molecule has 1 heterocycles. The summed E-state index contributed by atoms with van der Waals surface area (Å²) < 4.78 is 2.61. The predicted octanol–water partition coefficient (Wildman–Crippen LogP) is 4.91. The molecule has 1 unspecified atom stereocenters. The van der Waals surface area contributed by atoms with Gasteiger partial charge in [0.2, 0.25) is 0 Å². The first kappa shape index (κ1) is 20.0. The minimum atomic E-state index is -0.931. The number of carbonyl (C=O) groups excluding carboxylic acids is 1. The molecule has 3 rings (SSSR count). The van der Waals surface area contributed by atoms with Crippen LogP contribution in [0.5, 0.6) is 0 Å². The van der Waals surface area contributed by atoms with Gasteiger partial charge in [-0.3, -0.25) is 4.79 Å². The molecule has 0 fully saturated rings. The Labute approximate surface area is 168 Å². The smallest absolute Gasteiger partial charge is 0.326 e. The normalized spacial score (nSPS) is 13.2. The number of aliphatic carboxylic acids is 1. The van der Waals surface area contributed by atoms with Crippen LogP contribution in [-0.2, 0) is 4.79 Å². The van der Waals surface area contributed by atoms with Crippen molar-refractivity contribution >= 4 is 33.4 Å². The third-order valence-electron chi connectivity index (χ3n) is 4.80. The van der Waals surface area contributed by atoms with Gasteiger partial charge in [0.25, 0.3) is 5.91 Å². The molecule has 28 heavy (non-hydrogen) atoms. The Balaban J connectivity index is 2.22. The van der Waals surface area contributed by atoms with Gasteiger partial charge in [-0.2, -0.15) is 4.99 Å². The van der Waals surface area contributed by atoms with Crippen LogP contribution >= 0.6 is 11.3 Å². The molecule has 146 valence electrons. The van der Waals surface area contributed by atoms with E-state index in [1.807, 2.05) is 38.1 Å². The number of benzene rings is 2. The fourth-order valence-corrected chi connectivity index (χ4v) is 4.23. The number of carboxylic acids is 1. The lowest BCUT2D eigenvalue weighted by molar-refractivity contribution is -0.140. The molecule has 0 saturated carbocycles. The molecule has 1 N–H and O–H groups in total. The lowest BCUT2D eigenvalue weighted by atomic mass is 10.0. The maximum absolute atomic E-state index is 12.7. The molecule has 6 heteroatoms. The van der Waals surface area contributed by atoms with Crippen molar-refractivity contribution in [1.82, 2.24) is 4.57 Å². The van der Waals surface area contributed by atoms with Gasteiger partial charge >= 0.3 is 5.97 Å². The van der Waals surface area contributed by atoms with Crippen molar-refractivity contribution in [3.8, 4) is 0 Å². The molecule has 2 aromatic carbocycles. The van der Waals surface area contributed by atoms with E-state index in [-0.39, 0.29) is 5.91 Å². The molecule has 1 amide bonds. The van der Waals surface area contributed by atoms with Crippen molar-refractivity contribution in [3.05, 3.63) is 64.0 Å². The van der Waals surface area contributed by atoms with Gasteiger partial charge in [0, 0.05) is 5.56 Å².